The highest BCUT2D eigenvalue weighted by molar-refractivity contribution is 6.03. The number of aromatic nitrogens is 1. The number of aliphatic hydroxyl groups excluding tert-OH is 1. The Morgan fingerprint density at radius 2 is 2.03 bits per heavy atom. The van der Waals surface area contributed by atoms with Crippen LogP contribution in [0, 0.1) is 17.1 Å². The molecular weight excluding hydrogens is 453 g/mol. The lowest BCUT2D eigenvalue weighted by Gasteiger charge is -2.16. The Kier molecular flexibility index (Phi) is 7.16. The van der Waals surface area contributed by atoms with Gasteiger partial charge in [0, 0.05) is 24.3 Å². The summed E-state index contributed by atoms with van der Waals surface area (Å²) in [5, 5.41) is 22.2. The van der Waals surface area contributed by atoms with E-state index in [2.05, 4.69) is 16.4 Å². The van der Waals surface area contributed by atoms with E-state index in [0.717, 1.165) is 0 Å². The first-order valence-corrected chi connectivity index (χ1v) is 10.5. The smallest absolute Gasteiger partial charge is 0.292 e. The summed E-state index contributed by atoms with van der Waals surface area (Å²) >= 11 is 0. The quantitative estimate of drug-likeness (QED) is 0.355. The minimum absolute atomic E-state index is 0.0159. The number of pyridine rings is 1. The summed E-state index contributed by atoms with van der Waals surface area (Å²) in [6.07, 6.45) is 1.35. The van der Waals surface area contributed by atoms with Crippen molar-refractivity contribution in [1.82, 2.24) is 4.98 Å². The Bertz CT molecular complexity index is 1400. The van der Waals surface area contributed by atoms with Gasteiger partial charge < -0.3 is 24.3 Å². The fourth-order valence-corrected chi connectivity index (χ4v) is 3.48. The third-order valence-electron chi connectivity index (χ3n) is 5.08. The highest BCUT2D eigenvalue weighted by Gasteiger charge is 2.21. The Hall–Kier alpha value is -4.52. The van der Waals surface area contributed by atoms with E-state index in [1.54, 1.807) is 36.4 Å². The molecule has 2 N–H and O–H groups in total. The molecule has 176 valence electrons. The van der Waals surface area contributed by atoms with Crippen molar-refractivity contribution in [3.63, 3.8) is 0 Å². The van der Waals surface area contributed by atoms with Gasteiger partial charge in [-0.05, 0) is 47.5 Å². The van der Waals surface area contributed by atoms with Crippen LogP contribution in [0.3, 0.4) is 0 Å². The molecule has 2 heterocycles. The summed E-state index contributed by atoms with van der Waals surface area (Å²) in [6, 6.07) is 17.7. The van der Waals surface area contributed by atoms with Crippen molar-refractivity contribution in [2.75, 3.05) is 19.2 Å². The van der Waals surface area contributed by atoms with Gasteiger partial charge in [0.25, 0.3) is 5.91 Å². The number of ether oxygens (including phenoxy) is 2. The van der Waals surface area contributed by atoms with E-state index in [1.807, 2.05) is 0 Å². The number of hydrogen-bond acceptors (Lipinski definition) is 7. The molecule has 4 rings (SSSR count). The van der Waals surface area contributed by atoms with E-state index in [1.165, 1.54) is 37.6 Å². The molecule has 0 bridgehead atoms. The number of hydrogen-bond donors (Lipinski definition) is 2. The number of amides is 1. The van der Waals surface area contributed by atoms with Crippen molar-refractivity contribution >= 4 is 11.7 Å². The molecule has 0 unspecified atom stereocenters. The monoisotopic (exact) mass is 473 g/mol. The molecule has 0 aliphatic heterocycles. The SMILES string of the molecule is COCOc1cc(F)ccc1-c1cc(-c2cccc(CO)c2)c(C#N)c(NC(=O)c2ccco2)n1. The zero-order valence-electron chi connectivity index (χ0n) is 18.6. The number of carbonyl (C=O) groups excluding carboxylic acids is 1. The average Bonchev–Trinajstić information content (AvgIpc) is 3.42. The molecule has 9 heteroatoms. The number of halogens is 1. The van der Waals surface area contributed by atoms with Crippen LogP contribution in [0.15, 0.2) is 71.3 Å². The number of aliphatic hydroxyl groups is 1. The molecule has 1 amide bonds. The third kappa shape index (κ3) is 5.19. The minimum Gasteiger partial charge on any atom is -0.467 e. The fraction of sp³-hybridized carbons (Fsp3) is 0.115. The van der Waals surface area contributed by atoms with Gasteiger partial charge in [-0.15, -0.1) is 0 Å². The highest BCUT2D eigenvalue weighted by Crippen LogP contribution is 2.36. The number of nitrogens with zero attached hydrogens (tertiary/aromatic N) is 2. The zero-order chi connectivity index (χ0) is 24.8. The highest BCUT2D eigenvalue weighted by atomic mass is 19.1. The lowest BCUT2D eigenvalue weighted by Crippen LogP contribution is -2.14. The molecule has 0 fully saturated rings. The summed E-state index contributed by atoms with van der Waals surface area (Å²) in [6.45, 7) is -0.317. The second kappa shape index (κ2) is 10.6. The predicted octanol–water partition coefficient (Wildman–Crippen LogP) is 4.75. The number of nitrogens with one attached hydrogen (secondary N) is 1. The lowest BCUT2D eigenvalue weighted by molar-refractivity contribution is 0.0513. The van der Waals surface area contributed by atoms with Gasteiger partial charge in [-0.3, -0.25) is 4.79 Å². The number of rotatable bonds is 8. The molecule has 0 radical (unpaired) electrons. The van der Waals surface area contributed by atoms with Crippen LogP contribution in [0.2, 0.25) is 0 Å². The molecule has 2 aromatic heterocycles. The molecule has 2 aromatic carbocycles. The van der Waals surface area contributed by atoms with Gasteiger partial charge >= 0.3 is 0 Å². The number of nitriles is 1. The van der Waals surface area contributed by atoms with Gasteiger partial charge in [0.2, 0.25) is 0 Å². The maximum absolute atomic E-state index is 14.0. The van der Waals surface area contributed by atoms with Gasteiger partial charge in [-0.2, -0.15) is 5.26 Å². The van der Waals surface area contributed by atoms with Gasteiger partial charge in [0.05, 0.1) is 18.6 Å². The standard InChI is InChI=1S/C26H20FN3O5/c1-33-15-35-24-11-18(27)7-8-19(24)22-12-20(17-5-2-4-16(10-17)14-31)21(13-28)25(29-22)30-26(32)23-6-3-9-34-23/h2-12,31H,14-15H2,1H3,(H,29,30,32). The molecule has 0 atom stereocenters. The average molecular weight is 473 g/mol. The number of anilines is 1. The minimum atomic E-state index is -0.596. The van der Waals surface area contributed by atoms with Crippen molar-refractivity contribution in [2.45, 2.75) is 6.61 Å². The van der Waals surface area contributed by atoms with E-state index in [9.17, 15) is 19.6 Å². The number of methoxy groups -OCH3 is 1. The normalized spacial score (nSPS) is 10.6. The summed E-state index contributed by atoms with van der Waals surface area (Å²) in [4.78, 5) is 17.2. The largest absolute Gasteiger partial charge is 0.467 e. The van der Waals surface area contributed by atoms with E-state index in [4.69, 9.17) is 13.9 Å². The van der Waals surface area contributed by atoms with Gasteiger partial charge in [0.15, 0.2) is 18.4 Å². The molecule has 0 saturated carbocycles. The van der Waals surface area contributed by atoms with Gasteiger partial charge in [-0.25, -0.2) is 9.37 Å². The number of carbonyl (C=O) groups is 1. The first-order chi connectivity index (χ1) is 17.0. The summed E-state index contributed by atoms with van der Waals surface area (Å²) in [5.41, 5.74) is 2.54. The Morgan fingerprint density at radius 3 is 2.74 bits per heavy atom. The fourth-order valence-electron chi connectivity index (χ4n) is 3.48. The van der Waals surface area contributed by atoms with Gasteiger partial charge in [-0.1, -0.05) is 18.2 Å². The third-order valence-corrected chi connectivity index (χ3v) is 5.08. The van der Waals surface area contributed by atoms with E-state index in [0.29, 0.717) is 27.9 Å². The van der Waals surface area contributed by atoms with Crippen LogP contribution in [0.4, 0.5) is 10.2 Å². The summed E-state index contributed by atoms with van der Waals surface area (Å²) in [7, 11) is 1.44. The van der Waals surface area contributed by atoms with Crippen molar-refractivity contribution in [1.29, 1.82) is 5.26 Å². The number of furan rings is 1. The molecule has 0 aliphatic rings. The van der Waals surface area contributed by atoms with E-state index in [-0.39, 0.29) is 36.3 Å². The first-order valence-electron chi connectivity index (χ1n) is 10.5. The molecule has 0 spiro atoms. The van der Waals surface area contributed by atoms with Crippen LogP contribution in [-0.4, -0.2) is 29.9 Å². The van der Waals surface area contributed by atoms with Crippen LogP contribution in [-0.2, 0) is 11.3 Å². The Labute approximate surface area is 200 Å². The topological polar surface area (TPSA) is 118 Å². The van der Waals surface area contributed by atoms with Crippen molar-refractivity contribution < 1.29 is 28.2 Å². The first kappa shape index (κ1) is 23.6. The summed E-state index contributed by atoms with van der Waals surface area (Å²) in [5.74, 6) is -0.923. The molecule has 4 aromatic rings. The number of benzene rings is 2. The van der Waals surface area contributed by atoms with Crippen molar-refractivity contribution in [2.24, 2.45) is 0 Å². The molecular formula is C26H20FN3O5. The maximum atomic E-state index is 14.0. The second-order valence-corrected chi connectivity index (χ2v) is 7.37. The molecule has 8 nitrogen and oxygen atoms in total. The van der Waals surface area contributed by atoms with E-state index >= 15 is 0 Å². The van der Waals surface area contributed by atoms with Crippen molar-refractivity contribution in [3.05, 3.63) is 89.6 Å². The molecule has 0 saturated heterocycles. The van der Waals surface area contributed by atoms with Crippen LogP contribution in [0.1, 0.15) is 21.7 Å². The summed E-state index contributed by atoms with van der Waals surface area (Å²) < 4.78 is 29.6. The maximum Gasteiger partial charge on any atom is 0.292 e. The Balaban J connectivity index is 1.92. The van der Waals surface area contributed by atoms with Crippen LogP contribution < -0.4 is 10.1 Å². The van der Waals surface area contributed by atoms with E-state index < -0.39 is 11.7 Å². The second-order valence-electron chi connectivity index (χ2n) is 7.37. The van der Waals surface area contributed by atoms with Gasteiger partial charge in [0.1, 0.15) is 23.2 Å². The zero-order valence-corrected chi connectivity index (χ0v) is 18.6. The predicted molar refractivity (Wildman–Crippen MR) is 125 cm³/mol. The molecule has 35 heavy (non-hydrogen) atoms. The van der Waals surface area contributed by atoms with Crippen LogP contribution in [0.25, 0.3) is 22.4 Å². The molecule has 0 aliphatic carbocycles. The lowest BCUT2D eigenvalue weighted by atomic mass is 9.96. The van der Waals surface area contributed by atoms with Crippen LogP contribution >= 0.6 is 0 Å². The van der Waals surface area contributed by atoms with Crippen molar-refractivity contribution in [3.8, 4) is 34.2 Å². The van der Waals surface area contributed by atoms with Crippen LogP contribution in [0.5, 0.6) is 5.75 Å². The Morgan fingerprint density at radius 1 is 1.17 bits per heavy atom.